The van der Waals surface area contributed by atoms with E-state index in [1.165, 1.54) is 12.1 Å². The molecule has 2 heterocycles. The fraction of sp³-hybridized carbons (Fsp3) is 0.536. The van der Waals surface area contributed by atoms with Crippen LogP contribution in [0.4, 0.5) is 10.5 Å². The smallest absolute Gasteiger partial charge is 0.407 e. The van der Waals surface area contributed by atoms with E-state index in [2.05, 4.69) is 5.32 Å². The van der Waals surface area contributed by atoms with Gasteiger partial charge in [0.25, 0.3) is 10.0 Å². The number of nitrogens with two attached hydrogens (primary N) is 1. The van der Waals surface area contributed by atoms with Gasteiger partial charge in [-0.05, 0) is 49.4 Å². The number of alkyl carbamates (subject to hydrolysis) is 1. The molecule has 1 aliphatic carbocycles. The van der Waals surface area contributed by atoms with Gasteiger partial charge in [-0.2, -0.15) is 0 Å². The maximum Gasteiger partial charge on any atom is 0.407 e. The Labute approximate surface area is 234 Å². The van der Waals surface area contributed by atoms with Gasteiger partial charge in [-0.15, -0.1) is 0 Å². The Kier molecular flexibility index (Phi) is 9.24. The van der Waals surface area contributed by atoms with Crippen LogP contribution in [0.1, 0.15) is 37.7 Å². The highest BCUT2D eigenvalue weighted by Crippen LogP contribution is 2.33. The summed E-state index contributed by atoms with van der Waals surface area (Å²) < 4.78 is 44.9. The van der Waals surface area contributed by atoms with Crippen LogP contribution in [0.5, 0.6) is 0 Å². The van der Waals surface area contributed by atoms with Crippen LogP contribution in [0.15, 0.2) is 59.5 Å². The standard InChI is InChI=1S/C28H37N3O8S/c29-20-9-6-12-22(16-20)40(34,35)31(39-21-10-4-5-11-21)17-25(32)24(15-19-7-2-1-3-8-19)30-28(33)38-26-18-37-27-23(26)13-14-36-27/h1-3,6-9,12,16,21,23-27,32H,4-5,10-11,13-15,17-18,29H2,(H,30,33)/t23-,24?,25+,26-,27+/m0/s1. The van der Waals surface area contributed by atoms with Gasteiger partial charge < -0.3 is 30.4 Å². The minimum absolute atomic E-state index is 0.0398. The van der Waals surface area contributed by atoms with Crippen molar-refractivity contribution in [3.63, 3.8) is 0 Å². The van der Waals surface area contributed by atoms with Gasteiger partial charge >= 0.3 is 6.09 Å². The van der Waals surface area contributed by atoms with Gasteiger partial charge in [0, 0.05) is 5.69 Å². The number of fused-ring (bicyclic) bond motifs is 1. The lowest BCUT2D eigenvalue weighted by Crippen LogP contribution is -2.51. The van der Waals surface area contributed by atoms with Gasteiger partial charge in [-0.1, -0.05) is 53.7 Å². The number of rotatable bonds is 11. The topological polar surface area (TPSA) is 150 Å². The van der Waals surface area contributed by atoms with Crippen molar-refractivity contribution < 1.29 is 37.4 Å². The Morgan fingerprint density at radius 2 is 1.88 bits per heavy atom. The third-order valence-corrected chi connectivity index (χ3v) is 9.26. The molecule has 5 rings (SSSR count). The predicted molar refractivity (Wildman–Crippen MR) is 145 cm³/mol. The van der Waals surface area contributed by atoms with Gasteiger partial charge in [-0.3, -0.25) is 4.84 Å². The first-order valence-corrected chi connectivity index (χ1v) is 15.2. The molecular formula is C28H37N3O8S. The van der Waals surface area contributed by atoms with Crippen LogP contribution in [-0.2, 0) is 35.5 Å². The Balaban J connectivity index is 1.34. The number of hydrogen-bond acceptors (Lipinski definition) is 9. The zero-order chi connectivity index (χ0) is 28.1. The summed E-state index contributed by atoms with van der Waals surface area (Å²) in [6.45, 7) is 0.372. The van der Waals surface area contributed by atoms with Gasteiger partial charge in [-0.25, -0.2) is 13.2 Å². The molecule has 218 valence electrons. The van der Waals surface area contributed by atoms with E-state index in [1.54, 1.807) is 12.1 Å². The molecule has 2 aliphatic heterocycles. The number of hydrogen-bond donors (Lipinski definition) is 3. The van der Waals surface area contributed by atoms with Gasteiger partial charge in [0.05, 0.1) is 48.8 Å². The first-order valence-electron chi connectivity index (χ1n) is 13.8. The molecule has 3 fully saturated rings. The van der Waals surface area contributed by atoms with Crippen molar-refractivity contribution in [2.45, 2.75) is 74.1 Å². The number of nitrogens with zero attached hydrogens (tertiary/aromatic N) is 1. The Morgan fingerprint density at radius 3 is 2.62 bits per heavy atom. The number of hydroxylamine groups is 1. The van der Waals surface area contributed by atoms with E-state index in [9.17, 15) is 18.3 Å². The summed E-state index contributed by atoms with van der Waals surface area (Å²) in [4.78, 5) is 18.9. The van der Waals surface area contributed by atoms with Gasteiger partial charge in [0.15, 0.2) is 6.29 Å². The van der Waals surface area contributed by atoms with Crippen molar-refractivity contribution >= 4 is 21.8 Å². The maximum atomic E-state index is 13.6. The normalized spacial score (nSPS) is 24.6. The number of carbonyl (C=O) groups excluding carboxylic acids is 1. The molecule has 12 heteroatoms. The minimum Gasteiger partial charge on any atom is -0.443 e. The third-order valence-electron chi connectivity index (χ3n) is 7.64. The van der Waals surface area contributed by atoms with Crippen molar-refractivity contribution in [3.8, 4) is 0 Å². The van der Waals surface area contributed by atoms with E-state index in [0.29, 0.717) is 25.1 Å². The van der Waals surface area contributed by atoms with E-state index in [4.69, 9.17) is 24.8 Å². The zero-order valence-electron chi connectivity index (χ0n) is 22.3. The summed E-state index contributed by atoms with van der Waals surface area (Å²) in [5.41, 5.74) is 7.00. The van der Waals surface area contributed by atoms with Gasteiger partial charge in [0.2, 0.25) is 0 Å². The summed E-state index contributed by atoms with van der Waals surface area (Å²) in [6.07, 6.45) is 1.08. The number of amides is 1. The molecule has 0 spiro atoms. The number of aliphatic hydroxyl groups excluding tert-OH is 1. The fourth-order valence-electron chi connectivity index (χ4n) is 5.45. The molecule has 0 radical (unpaired) electrons. The SMILES string of the molecule is Nc1cccc(S(=O)(=O)N(C[C@@H](O)C(Cc2ccccc2)NC(=O)O[C@H]2CO[C@H]3OCC[C@H]32)OC2CCCC2)c1. The largest absolute Gasteiger partial charge is 0.443 e. The number of aliphatic hydroxyl groups is 1. The molecule has 40 heavy (non-hydrogen) atoms. The van der Waals surface area contributed by atoms with Crippen molar-refractivity contribution in [3.05, 3.63) is 60.2 Å². The van der Waals surface area contributed by atoms with Crippen LogP contribution in [0.3, 0.4) is 0 Å². The number of nitrogen functional groups attached to an aromatic ring is 1. The molecule has 2 saturated heterocycles. The molecule has 2 aromatic carbocycles. The van der Waals surface area contributed by atoms with Crippen molar-refractivity contribution in [1.82, 2.24) is 9.79 Å². The second kappa shape index (κ2) is 12.8. The first kappa shape index (κ1) is 28.8. The van der Waals surface area contributed by atoms with Crippen LogP contribution >= 0.6 is 0 Å². The average Bonchev–Trinajstić information content (AvgIpc) is 3.69. The van der Waals surface area contributed by atoms with Crippen molar-refractivity contribution in [2.75, 3.05) is 25.5 Å². The Morgan fingerprint density at radius 1 is 1.10 bits per heavy atom. The number of nitrogens with one attached hydrogen (secondary N) is 1. The van der Waals surface area contributed by atoms with Gasteiger partial charge in [0.1, 0.15) is 6.10 Å². The zero-order valence-corrected chi connectivity index (χ0v) is 23.1. The maximum absolute atomic E-state index is 13.6. The number of anilines is 1. The highest BCUT2D eigenvalue weighted by Gasteiger charge is 2.44. The number of benzene rings is 2. The summed E-state index contributed by atoms with van der Waals surface area (Å²) in [5.74, 6) is -0.0398. The summed E-state index contributed by atoms with van der Waals surface area (Å²) in [5, 5.41) is 14.2. The second-order valence-electron chi connectivity index (χ2n) is 10.6. The molecule has 4 N–H and O–H groups in total. The lowest BCUT2D eigenvalue weighted by molar-refractivity contribution is -0.145. The monoisotopic (exact) mass is 575 g/mol. The fourth-order valence-corrected chi connectivity index (χ4v) is 6.81. The van der Waals surface area contributed by atoms with Crippen LogP contribution in [0.25, 0.3) is 0 Å². The van der Waals surface area contributed by atoms with Crippen molar-refractivity contribution in [1.29, 1.82) is 0 Å². The molecule has 11 nitrogen and oxygen atoms in total. The Bertz CT molecular complexity index is 1240. The lowest BCUT2D eigenvalue weighted by atomic mass is 10.0. The van der Waals surface area contributed by atoms with Crippen LogP contribution in [0.2, 0.25) is 0 Å². The summed E-state index contributed by atoms with van der Waals surface area (Å²) >= 11 is 0. The van der Waals surface area contributed by atoms with E-state index in [-0.39, 0.29) is 36.2 Å². The molecule has 1 saturated carbocycles. The first-order chi connectivity index (χ1) is 19.3. The molecule has 5 atom stereocenters. The third kappa shape index (κ3) is 6.93. The molecule has 2 aromatic rings. The molecule has 0 aromatic heterocycles. The van der Waals surface area contributed by atoms with Crippen LogP contribution in [-0.4, -0.2) is 74.5 Å². The molecule has 0 bridgehead atoms. The van der Waals surface area contributed by atoms with E-state index in [1.807, 2.05) is 30.3 Å². The highest BCUT2D eigenvalue weighted by molar-refractivity contribution is 7.89. The lowest BCUT2D eigenvalue weighted by Gasteiger charge is -2.31. The highest BCUT2D eigenvalue weighted by atomic mass is 32.2. The second-order valence-corrected chi connectivity index (χ2v) is 12.4. The molecular weight excluding hydrogens is 538 g/mol. The van der Waals surface area contributed by atoms with Crippen molar-refractivity contribution in [2.24, 2.45) is 5.92 Å². The minimum atomic E-state index is -4.17. The predicted octanol–water partition coefficient (Wildman–Crippen LogP) is 2.59. The molecule has 1 amide bonds. The average molecular weight is 576 g/mol. The van der Waals surface area contributed by atoms with E-state index >= 15 is 0 Å². The quantitative estimate of drug-likeness (QED) is 0.271. The summed E-state index contributed by atoms with van der Waals surface area (Å²) in [7, 11) is -4.17. The molecule has 1 unspecified atom stereocenters. The van der Waals surface area contributed by atoms with Crippen LogP contribution in [0, 0.1) is 5.92 Å². The molecule has 3 aliphatic rings. The number of ether oxygens (including phenoxy) is 3. The van der Waals surface area contributed by atoms with Crippen LogP contribution < -0.4 is 11.1 Å². The number of sulfonamides is 1. The summed E-state index contributed by atoms with van der Waals surface area (Å²) in [6, 6.07) is 14.4. The number of carbonyl (C=O) groups is 1. The van der Waals surface area contributed by atoms with E-state index in [0.717, 1.165) is 29.3 Å². The Hall–Kier alpha value is -2.74. The van der Waals surface area contributed by atoms with E-state index < -0.39 is 40.9 Å².